The van der Waals surface area contributed by atoms with Crippen LogP contribution in [0.4, 0.5) is 0 Å². The predicted octanol–water partition coefficient (Wildman–Crippen LogP) is 2.43. The van der Waals surface area contributed by atoms with E-state index in [9.17, 15) is 5.11 Å². The van der Waals surface area contributed by atoms with Crippen LogP contribution in [0.1, 0.15) is 32.4 Å². The topological polar surface area (TPSA) is 45.4 Å². The van der Waals surface area contributed by atoms with Gasteiger partial charge in [-0.25, -0.2) is 0 Å². The van der Waals surface area contributed by atoms with Crippen molar-refractivity contribution in [1.82, 2.24) is 5.32 Å². The van der Waals surface area contributed by atoms with Crippen LogP contribution < -0.4 is 5.32 Å². The normalized spacial score (nSPS) is 12.4. The predicted molar refractivity (Wildman–Crippen MR) is 66.1 cm³/mol. The average molecular weight is 223 g/mol. The van der Waals surface area contributed by atoms with Gasteiger partial charge in [0.1, 0.15) is 5.76 Å². The van der Waals surface area contributed by atoms with Gasteiger partial charge in [0.2, 0.25) is 0 Å². The summed E-state index contributed by atoms with van der Waals surface area (Å²) in [5.74, 6) is 0.850. The SMILES string of the molecule is CCC(O)(CC)CNC/C=C/c1ccco1. The molecule has 0 aromatic carbocycles. The molecule has 0 aliphatic carbocycles. The van der Waals surface area contributed by atoms with Gasteiger partial charge in [-0.1, -0.05) is 19.9 Å². The molecule has 1 aromatic rings. The van der Waals surface area contributed by atoms with Crippen LogP contribution in [-0.2, 0) is 0 Å². The maximum atomic E-state index is 10.0. The van der Waals surface area contributed by atoms with E-state index in [1.54, 1.807) is 6.26 Å². The molecule has 1 aromatic heterocycles. The zero-order valence-corrected chi connectivity index (χ0v) is 10.1. The van der Waals surface area contributed by atoms with Gasteiger partial charge in [-0.3, -0.25) is 0 Å². The van der Waals surface area contributed by atoms with E-state index in [1.165, 1.54) is 0 Å². The van der Waals surface area contributed by atoms with Gasteiger partial charge in [-0.15, -0.1) is 0 Å². The largest absolute Gasteiger partial charge is 0.465 e. The minimum atomic E-state index is -0.571. The standard InChI is InChI=1S/C13H21NO2/c1-3-13(15,4-2)11-14-9-5-7-12-8-6-10-16-12/h5-8,10,14-15H,3-4,9,11H2,1-2H3/b7-5+. The van der Waals surface area contributed by atoms with Crippen LogP contribution >= 0.6 is 0 Å². The summed E-state index contributed by atoms with van der Waals surface area (Å²) in [7, 11) is 0. The smallest absolute Gasteiger partial charge is 0.126 e. The Balaban J connectivity index is 2.21. The Morgan fingerprint density at radius 3 is 2.75 bits per heavy atom. The molecule has 0 bridgehead atoms. The molecule has 3 nitrogen and oxygen atoms in total. The minimum Gasteiger partial charge on any atom is -0.465 e. The number of hydrogen-bond acceptors (Lipinski definition) is 3. The third kappa shape index (κ3) is 4.21. The van der Waals surface area contributed by atoms with E-state index in [1.807, 2.05) is 38.1 Å². The fraction of sp³-hybridized carbons (Fsp3) is 0.538. The van der Waals surface area contributed by atoms with Crippen LogP contribution in [-0.4, -0.2) is 23.8 Å². The lowest BCUT2D eigenvalue weighted by atomic mass is 9.98. The lowest BCUT2D eigenvalue weighted by Gasteiger charge is -2.25. The number of hydrogen-bond donors (Lipinski definition) is 2. The van der Waals surface area contributed by atoms with Crippen molar-refractivity contribution >= 4 is 6.08 Å². The summed E-state index contributed by atoms with van der Waals surface area (Å²) in [5.41, 5.74) is -0.571. The number of nitrogens with one attached hydrogen (secondary N) is 1. The Bertz CT molecular complexity index is 300. The van der Waals surface area contributed by atoms with E-state index in [4.69, 9.17) is 4.42 Å². The van der Waals surface area contributed by atoms with Gasteiger partial charge < -0.3 is 14.8 Å². The van der Waals surface area contributed by atoms with E-state index in [0.29, 0.717) is 6.54 Å². The van der Waals surface area contributed by atoms with Crippen molar-refractivity contribution in [2.75, 3.05) is 13.1 Å². The second-order valence-electron chi connectivity index (χ2n) is 3.98. The van der Waals surface area contributed by atoms with Crippen molar-refractivity contribution in [3.05, 3.63) is 30.2 Å². The molecule has 1 heterocycles. The second-order valence-corrected chi connectivity index (χ2v) is 3.98. The van der Waals surface area contributed by atoms with Gasteiger partial charge in [0.15, 0.2) is 0 Å². The molecule has 0 amide bonds. The molecule has 2 N–H and O–H groups in total. The molecular formula is C13H21NO2. The summed E-state index contributed by atoms with van der Waals surface area (Å²) >= 11 is 0. The molecular weight excluding hydrogens is 202 g/mol. The van der Waals surface area contributed by atoms with Crippen LogP contribution in [0.2, 0.25) is 0 Å². The molecule has 0 aliphatic heterocycles. The Morgan fingerprint density at radius 2 is 2.19 bits per heavy atom. The first kappa shape index (κ1) is 13.0. The maximum absolute atomic E-state index is 10.0. The van der Waals surface area contributed by atoms with Gasteiger partial charge in [-0.2, -0.15) is 0 Å². The first-order valence-corrected chi connectivity index (χ1v) is 5.83. The van der Waals surface area contributed by atoms with Gasteiger partial charge in [-0.05, 0) is 31.1 Å². The zero-order valence-electron chi connectivity index (χ0n) is 10.1. The Kier molecular flexibility index (Phi) is 5.29. The second kappa shape index (κ2) is 6.51. The summed E-state index contributed by atoms with van der Waals surface area (Å²) in [6.07, 6.45) is 7.12. The highest BCUT2D eigenvalue weighted by molar-refractivity contribution is 5.42. The van der Waals surface area contributed by atoms with E-state index in [0.717, 1.165) is 25.1 Å². The van der Waals surface area contributed by atoms with Crippen molar-refractivity contribution in [2.24, 2.45) is 0 Å². The molecule has 3 heteroatoms. The van der Waals surface area contributed by atoms with Gasteiger partial charge >= 0.3 is 0 Å². The van der Waals surface area contributed by atoms with E-state index >= 15 is 0 Å². The molecule has 0 unspecified atom stereocenters. The van der Waals surface area contributed by atoms with Crippen LogP contribution in [0.25, 0.3) is 6.08 Å². The molecule has 90 valence electrons. The molecule has 0 fully saturated rings. The molecule has 0 saturated carbocycles. The van der Waals surface area contributed by atoms with Gasteiger partial charge in [0.05, 0.1) is 11.9 Å². The summed E-state index contributed by atoms with van der Waals surface area (Å²) in [6.45, 7) is 5.37. The first-order chi connectivity index (χ1) is 7.70. The lowest BCUT2D eigenvalue weighted by molar-refractivity contribution is 0.0335. The Labute approximate surface area is 97.2 Å². The highest BCUT2D eigenvalue weighted by atomic mass is 16.3. The summed E-state index contributed by atoms with van der Waals surface area (Å²) in [4.78, 5) is 0. The Morgan fingerprint density at radius 1 is 1.44 bits per heavy atom. The quantitative estimate of drug-likeness (QED) is 0.698. The van der Waals surface area contributed by atoms with E-state index < -0.39 is 5.60 Å². The molecule has 0 saturated heterocycles. The zero-order chi connectivity index (χ0) is 11.9. The third-order valence-electron chi connectivity index (χ3n) is 2.86. The van der Waals surface area contributed by atoms with Crippen LogP contribution in [0.5, 0.6) is 0 Å². The monoisotopic (exact) mass is 223 g/mol. The van der Waals surface area contributed by atoms with Crippen molar-refractivity contribution in [3.63, 3.8) is 0 Å². The van der Waals surface area contributed by atoms with Crippen molar-refractivity contribution in [1.29, 1.82) is 0 Å². The number of furan rings is 1. The van der Waals surface area contributed by atoms with Crippen molar-refractivity contribution in [2.45, 2.75) is 32.3 Å². The summed E-state index contributed by atoms with van der Waals surface area (Å²) < 4.78 is 5.16. The van der Waals surface area contributed by atoms with Gasteiger partial charge in [0.25, 0.3) is 0 Å². The highest BCUT2D eigenvalue weighted by Crippen LogP contribution is 2.12. The molecule has 0 atom stereocenters. The molecule has 16 heavy (non-hydrogen) atoms. The van der Waals surface area contributed by atoms with Crippen molar-refractivity contribution < 1.29 is 9.52 Å². The Hall–Kier alpha value is -1.06. The fourth-order valence-corrected chi connectivity index (χ4v) is 1.45. The first-order valence-electron chi connectivity index (χ1n) is 5.83. The minimum absolute atomic E-state index is 0.571. The van der Waals surface area contributed by atoms with Crippen LogP contribution in [0.3, 0.4) is 0 Å². The third-order valence-corrected chi connectivity index (χ3v) is 2.86. The lowest BCUT2D eigenvalue weighted by Crippen LogP contribution is -2.39. The number of aliphatic hydroxyl groups is 1. The fourth-order valence-electron chi connectivity index (χ4n) is 1.45. The molecule has 1 rings (SSSR count). The maximum Gasteiger partial charge on any atom is 0.126 e. The number of rotatable bonds is 7. The summed E-state index contributed by atoms with van der Waals surface area (Å²) in [5, 5.41) is 13.2. The van der Waals surface area contributed by atoms with Crippen LogP contribution in [0.15, 0.2) is 28.9 Å². The summed E-state index contributed by atoms with van der Waals surface area (Å²) in [6, 6.07) is 3.77. The van der Waals surface area contributed by atoms with Gasteiger partial charge in [0, 0.05) is 13.1 Å². The molecule has 0 radical (unpaired) electrons. The van der Waals surface area contributed by atoms with E-state index in [-0.39, 0.29) is 0 Å². The van der Waals surface area contributed by atoms with E-state index in [2.05, 4.69) is 5.32 Å². The molecule has 0 spiro atoms. The molecule has 0 aliphatic rings. The highest BCUT2D eigenvalue weighted by Gasteiger charge is 2.20. The van der Waals surface area contributed by atoms with Crippen molar-refractivity contribution in [3.8, 4) is 0 Å². The average Bonchev–Trinajstić information content (AvgIpc) is 2.81. The van der Waals surface area contributed by atoms with Crippen LogP contribution in [0, 0.1) is 0 Å².